The average Bonchev–Trinajstić information content (AvgIpc) is 2.76. The quantitative estimate of drug-likeness (QED) is 0.815. The lowest BCUT2D eigenvalue weighted by Gasteiger charge is -2.34. The predicted octanol–water partition coefficient (Wildman–Crippen LogP) is 0.512. The van der Waals surface area contributed by atoms with Gasteiger partial charge >= 0.3 is 5.97 Å². The van der Waals surface area contributed by atoms with E-state index in [0.717, 1.165) is 19.3 Å². The summed E-state index contributed by atoms with van der Waals surface area (Å²) in [6.45, 7) is 3.35. The van der Waals surface area contributed by atoms with Gasteiger partial charge in [0.2, 0.25) is 0 Å². The molecule has 2 atom stereocenters. The van der Waals surface area contributed by atoms with Crippen LogP contribution in [-0.2, 0) is 15.0 Å². The Bertz CT molecular complexity index is 423. The molecule has 1 N–H and O–H groups in total. The van der Waals surface area contributed by atoms with Gasteiger partial charge in [0, 0.05) is 19.6 Å². The van der Waals surface area contributed by atoms with Gasteiger partial charge in [-0.1, -0.05) is 6.92 Å². The number of carbonyl (C=O) groups is 1. The van der Waals surface area contributed by atoms with E-state index in [1.54, 1.807) is 0 Å². The Balaban J connectivity index is 2.19. The van der Waals surface area contributed by atoms with E-state index in [4.69, 9.17) is 5.11 Å². The summed E-state index contributed by atoms with van der Waals surface area (Å²) >= 11 is 0. The van der Waals surface area contributed by atoms with E-state index < -0.39 is 22.2 Å². The zero-order valence-corrected chi connectivity index (χ0v) is 11.4. The molecule has 2 aliphatic heterocycles. The molecule has 104 valence electrons. The maximum atomic E-state index is 12.4. The van der Waals surface area contributed by atoms with Crippen LogP contribution in [0, 0.1) is 5.92 Å². The van der Waals surface area contributed by atoms with E-state index >= 15 is 0 Å². The second-order valence-electron chi connectivity index (χ2n) is 5.22. The maximum absolute atomic E-state index is 12.4. The van der Waals surface area contributed by atoms with Crippen molar-refractivity contribution in [2.24, 2.45) is 5.92 Å². The van der Waals surface area contributed by atoms with Crippen LogP contribution in [-0.4, -0.2) is 53.8 Å². The number of aliphatic carboxylic acids is 1. The smallest absolute Gasteiger partial charge is 0.322 e. The molecule has 0 bridgehead atoms. The van der Waals surface area contributed by atoms with Crippen molar-refractivity contribution in [3.05, 3.63) is 0 Å². The third-order valence-electron chi connectivity index (χ3n) is 3.75. The molecule has 0 spiro atoms. The van der Waals surface area contributed by atoms with E-state index in [1.165, 1.54) is 8.61 Å². The van der Waals surface area contributed by atoms with Crippen LogP contribution in [0.3, 0.4) is 0 Å². The first-order valence-electron chi connectivity index (χ1n) is 6.42. The summed E-state index contributed by atoms with van der Waals surface area (Å²) in [7, 11) is -3.60. The summed E-state index contributed by atoms with van der Waals surface area (Å²) in [5.41, 5.74) is 0. The first-order chi connectivity index (χ1) is 8.43. The number of piperidine rings is 1. The summed E-state index contributed by atoms with van der Waals surface area (Å²) in [4.78, 5) is 11.2. The number of hydrogen-bond donors (Lipinski definition) is 1. The van der Waals surface area contributed by atoms with Crippen molar-refractivity contribution in [2.75, 3.05) is 19.6 Å². The fourth-order valence-electron chi connectivity index (χ4n) is 2.68. The van der Waals surface area contributed by atoms with Gasteiger partial charge in [0.25, 0.3) is 10.2 Å². The molecular formula is C11H20N2O4S. The van der Waals surface area contributed by atoms with Crippen LogP contribution in [0.25, 0.3) is 0 Å². The largest absolute Gasteiger partial charge is 0.480 e. The third-order valence-corrected chi connectivity index (χ3v) is 5.76. The first-order valence-corrected chi connectivity index (χ1v) is 7.82. The zero-order chi connectivity index (χ0) is 13.3. The highest BCUT2D eigenvalue weighted by Crippen LogP contribution is 2.26. The molecular weight excluding hydrogens is 256 g/mol. The second kappa shape index (κ2) is 5.14. The minimum atomic E-state index is -3.60. The summed E-state index contributed by atoms with van der Waals surface area (Å²) in [5, 5.41) is 9.14. The summed E-state index contributed by atoms with van der Waals surface area (Å²) in [6, 6.07) is -0.889. The van der Waals surface area contributed by atoms with Crippen LogP contribution in [0.5, 0.6) is 0 Å². The fraction of sp³-hybridized carbons (Fsp3) is 0.909. The summed E-state index contributed by atoms with van der Waals surface area (Å²) in [5.74, 6) is -0.682. The third kappa shape index (κ3) is 2.53. The molecule has 2 fully saturated rings. The monoisotopic (exact) mass is 276 g/mol. The Labute approximate surface area is 108 Å². The molecule has 0 aliphatic carbocycles. The molecule has 0 amide bonds. The summed E-state index contributed by atoms with van der Waals surface area (Å²) in [6.07, 6.45) is 2.79. The second-order valence-corrected chi connectivity index (χ2v) is 7.10. The predicted molar refractivity (Wildman–Crippen MR) is 66.3 cm³/mol. The molecule has 2 saturated heterocycles. The number of rotatable bonds is 3. The maximum Gasteiger partial charge on any atom is 0.322 e. The van der Waals surface area contributed by atoms with Crippen LogP contribution in [0.4, 0.5) is 0 Å². The number of hydrogen-bond acceptors (Lipinski definition) is 3. The first kappa shape index (κ1) is 13.8. The Hall–Kier alpha value is -0.660. The number of nitrogens with zero attached hydrogens (tertiary/aromatic N) is 2. The van der Waals surface area contributed by atoms with Crippen LogP contribution >= 0.6 is 0 Å². The van der Waals surface area contributed by atoms with Crippen molar-refractivity contribution in [3.8, 4) is 0 Å². The van der Waals surface area contributed by atoms with Crippen molar-refractivity contribution < 1.29 is 18.3 Å². The standard InChI is InChI=1S/C11H20N2O4S/c1-9-5-7-12(8-9)18(16,17)13-6-3-2-4-10(13)11(14)15/h9-10H,2-8H2,1H3,(H,14,15). The average molecular weight is 276 g/mol. The van der Waals surface area contributed by atoms with Crippen LogP contribution in [0.2, 0.25) is 0 Å². The highest BCUT2D eigenvalue weighted by molar-refractivity contribution is 7.86. The molecule has 0 saturated carbocycles. The van der Waals surface area contributed by atoms with Crippen molar-refractivity contribution in [3.63, 3.8) is 0 Å². The lowest BCUT2D eigenvalue weighted by Crippen LogP contribution is -2.52. The van der Waals surface area contributed by atoms with Gasteiger partial charge < -0.3 is 5.11 Å². The molecule has 6 nitrogen and oxygen atoms in total. The Morgan fingerprint density at radius 1 is 1.22 bits per heavy atom. The van der Waals surface area contributed by atoms with E-state index in [2.05, 4.69) is 0 Å². The normalized spacial score (nSPS) is 31.6. The van der Waals surface area contributed by atoms with Crippen LogP contribution in [0.1, 0.15) is 32.6 Å². The van der Waals surface area contributed by atoms with Gasteiger partial charge in [0.1, 0.15) is 6.04 Å². The lowest BCUT2D eigenvalue weighted by molar-refractivity contribution is -0.142. The number of carboxylic acid groups (broad SMARTS) is 1. The molecule has 7 heteroatoms. The zero-order valence-electron chi connectivity index (χ0n) is 10.6. The highest BCUT2D eigenvalue weighted by atomic mass is 32.2. The summed E-state index contributed by atoms with van der Waals surface area (Å²) < 4.78 is 27.5. The molecule has 2 heterocycles. The molecule has 0 aromatic carbocycles. The number of carboxylic acids is 1. The van der Waals surface area contributed by atoms with E-state index in [-0.39, 0.29) is 0 Å². The van der Waals surface area contributed by atoms with Gasteiger partial charge in [0.05, 0.1) is 0 Å². The van der Waals surface area contributed by atoms with Crippen molar-refractivity contribution >= 4 is 16.2 Å². The molecule has 0 aromatic heterocycles. The van der Waals surface area contributed by atoms with E-state index in [0.29, 0.717) is 32.0 Å². The fourth-order valence-corrected chi connectivity index (χ4v) is 4.63. The van der Waals surface area contributed by atoms with Crippen molar-refractivity contribution in [1.82, 2.24) is 8.61 Å². The van der Waals surface area contributed by atoms with Gasteiger partial charge in [0.15, 0.2) is 0 Å². The van der Waals surface area contributed by atoms with Crippen LogP contribution < -0.4 is 0 Å². The SMILES string of the molecule is CC1CCN(S(=O)(=O)N2CCCCC2C(=O)O)C1. The topological polar surface area (TPSA) is 77.9 Å². The molecule has 2 aliphatic rings. The molecule has 2 unspecified atom stereocenters. The lowest BCUT2D eigenvalue weighted by atomic mass is 10.1. The van der Waals surface area contributed by atoms with Gasteiger partial charge in [-0.25, -0.2) is 0 Å². The minimum absolute atomic E-state index is 0.324. The molecule has 0 aromatic rings. The molecule has 0 radical (unpaired) electrons. The Morgan fingerprint density at radius 2 is 1.94 bits per heavy atom. The highest BCUT2D eigenvalue weighted by Gasteiger charge is 2.41. The van der Waals surface area contributed by atoms with Gasteiger partial charge in [-0.05, 0) is 31.6 Å². The van der Waals surface area contributed by atoms with Gasteiger partial charge in [-0.15, -0.1) is 0 Å². The molecule has 18 heavy (non-hydrogen) atoms. The van der Waals surface area contributed by atoms with Crippen molar-refractivity contribution in [1.29, 1.82) is 0 Å². The van der Waals surface area contributed by atoms with E-state index in [1.807, 2.05) is 6.92 Å². The van der Waals surface area contributed by atoms with E-state index in [9.17, 15) is 13.2 Å². The van der Waals surface area contributed by atoms with Gasteiger partial charge in [-0.3, -0.25) is 4.79 Å². The molecule has 2 rings (SSSR count). The minimum Gasteiger partial charge on any atom is -0.480 e. The van der Waals surface area contributed by atoms with Crippen molar-refractivity contribution in [2.45, 2.75) is 38.6 Å². The van der Waals surface area contributed by atoms with Gasteiger partial charge in [-0.2, -0.15) is 17.0 Å². The Kier molecular flexibility index (Phi) is 3.93. The Morgan fingerprint density at radius 3 is 2.50 bits per heavy atom. The van der Waals surface area contributed by atoms with Crippen LogP contribution in [0.15, 0.2) is 0 Å².